The number of para-hydroxylation sites is 1. The van der Waals surface area contributed by atoms with E-state index in [9.17, 15) is 0 Å². The van der Waals surface area contributed by atoms with E-state index in [4.69, 9.17) is 4.74 Å². The molecule has 2 atom stereocenters. The van der Waals surface area contributed by atoms with Crippen LogP contribution in [0.25, 0.3) is 5.69 Å². The van der Waals surface area contributed by atoms with Gasteiger partial charge in [0.1, 0.15) is 5.69 Å². The summed E-state index contributed by atoms with van der Waals surface area (Å²) in [6, 6.07) is 10.2. The molecule has 1 fully saturated rings. The smallest absolute Gasteiger partial charge is 0.100 e. The van der Waals surface area contributed by atoms with Crippen LogP contribution in [0.1, 0.15) is 31.5 Å². The van der Waals surface area contributed by atoms with Gasteiger partial charge in [-0.25, -0.2) is 0 Å². The van der Waals surface area contributed by atoms with Crippen molar-refractivity contribution in [3.05, 3.63) is 42.2 Å². The number of rotatable bonds is 5. The van der Waals surface area contributed by atoms with Crippen LogP contribution in [0.2, 0.25) is 0 Å². The zero-order valence-corrected chi connectivity index (χ0v) is 12.4. The Morgan fingerprint density at radius 2 is 2.24 bits per heavy atom. The van der Waals surface area contributed by atoms with Gasteiger partial charge in [-0.2, -0.15) is 15.0 Å². The van der Waals surface area contributed by atoms with Crippen LogP contribution in [0.15, 0.2) is 36.5 Å². The van der Waals surface area contributed by atoms with Crippen LogP contribution in [-0.2, 0) is 4.74 Å². The highest BCUT2D eigenvalue weighted by Crippen LogP contribution is 2.27. The van der Waals surface area contributed by atoms with Crippen molar-refractivity contribution in [1.82, 2.24) is 20.3 Å². The number of nitrogens with one attached hydrogen (secondary N) is 1. The molecule has 1 aromatic carbocycles. The Balaban J connectivity index is 1.81. The molecule has 1 saturated heterocycles. The number of nitrogens with zero attached hydrogens (tertiary/aromatic N) is 3. The van der Waals surface area contributed by atoms with Crippen LogP contribution in [0, 0.1) is 5.92 Å². The normalized spacial score (nSPS) is 20.3. The molecule has 5 heteroatoms. The second-order valence-electron chi connectivity index (χ2n) is 5.41. The molecule has 0 bridgehead atoms. The number of aromatic nitrogens is 3. The van der Waals surface area contributed by atoms with Crippen molar-refractivity contribution in [1.29, 1.82) is 0 Å². The summed E-state index contributed by atoms with van der Waals surface area (Å²) in [7, 11) is 0. The molecule has 5 nitrogen and oxygen atoms in total. The molecular weight excluding hydrogens is 264 g/mol. The van der Waals surface area contributed by atoms with Crippen LogP contribution >= 0.6 is 0 Å². The van der Waals surface area contributed by atoms with E-state index in [2.05, 4.69) is 22.4 Å². The van der Waals surface area contributed by atoms with E-state index in [-0.39, 0.29) is 6.04 Å². The molecule has 2 heterocycles. The summed E-state index contributed by atoms with van der Waals surface area (Å²) in [6.45, 7) is 4.72. The fourth-order valence-electron chi connectivity index (χ4n) is 2.86. The first-order chi connectivity index (χ1) is 10.4. The molecule has 0 spiro atoms. The van der Waals surface area contributed by atoms with Crippen LogP contribution < -0.4 is 5.32 Å². The van der Waals surface area contributed by atoms with Gasteiger partial charge >= 0.3 is 0 Å². The summed E-state index contributed by atoms with van der Waals surface area (Å²) < 4.78 is 5.63. The second kappa shape index (κ2) is 6.83. The Bertz CT molecular complexity index is 548. The van der Waals surface area contributed by atoms with Crippen molar-refractivity contribution in [3.63, 3.8) is 0 Å². The first-order valence-electron chi connectivity index (χ1n) is 7.67. The minimum Gasteiger partial charge on any atom is -0.381 e. The van der Waals surface area contributed by atoms with Gasteiger partial charge in [-0.05, 0) is 31.5 Å². The number of hydrogen-bond acceptors (Lipinski definition) is 4. The summed E-state index contributed by atoms with van der Waals surface area (Å²) in [5, 5.41) is 12.6. The third-order valence-electron chi connectivity index (χ3n) is 3.91. The molecule has 0 saturated carbocycles. The van der Waals surface area contributed by atoms with Crippen molar-refractivity contribution in [2.24, 2.45) is 5.92 Å². The van der Waals surface area contributed by atoms with Crippen LogP contribution in [-0.4, -0.2) is 34.8 Å². The molecule has 2 aromatic rings. The van der Waals surface area contributed by atoms with Gasteiger partial charge in [0.2, 0.25) is 0 Å². The summed E-state index contributed by atoms with van der Waals surface area (Å²) in [5.74, 6) is 0.472. The van der Waals surface area contributed by atoms with Gasteiger partial charge in [0.15, 0.2) is 0 Å². The van der Waals surface area contributed by atoms with E-state index in [1.165, 1.54) is 6.42 Å². The minimum absolute atomic E-state index is 0.216. The van der Waals surface area contributed by atoms with E-state index in [0.29, 0.717) is 5.92 Å². The van der Waals surface area contributed by atoms with E-state index < -0.39 is 0 Å². The lowest BCUT2D eigenvalue weighted by Gasteiger charge is -2.29. The average molecular weight is 286 g/mol. The first kappa shape index (κ1) is 14.2. The van der Waals surface area contributed by atoms with Crippen molar-refractivity contribution >= 4 is 0 Å². The second-order valence-corrected chi connectivity index (χ2v) is 5.41. The van der Waals surface area contributed by atoms with Gasteiger partial charge in [-0.3, -0.25) is 0 Å². The minimum atomic E-state index is 0.216. The molecule has 2 unspecified atom stereocenters. The molecule has 1 aromatic heterocycles. The summed E-state index contributed by atoms with van der Waals surface area (Å²) >= 11 is 0. The van der Waals surface area contributed by atoms with Crippen molar-refractivity contribution in [3.8, 4) is 5.69 Å². The molecule has 112 valence electrons. The maximum Gasteiger partial charge on any atom is 0.100 e. The van der Waals surface area contributed by atoms with E-state index in [1.807, 2.05) is 36.5 Å². The highest BCUT2D eigenvalue weighted by atomic mass is 16.5. The Kier molecular flexibility index (Phi) is 4.62. The van der Waals surface area contributed by atoms with Crippen molar-refractivity contribution in [2.75, 3.05) is 19.8 Å². The molecule has 1 aliphatic rings. The van der Waals surface area contributed by atoms with Gasteiger partial charge in [0.05, 0.1) is 24.5 Å². The number of hydrogen-bond donors (Lipinski definition) is 1. The fourth-order valence-corrected chi connectivity index (χ4v) is 2.86. The molecule has 3 rings (SSSR count). The first-order valence-corrected chi connectivity index (χ1v) is 7.67. The zero-order valence-electron chi connectivity index (χ0n) is 12.4. The molecule has 0 amide bonds. The molecule has 1 aliphatic heterocycles. The standard InChI is InChI=1S/C16H22N4O/c1-2-17-16(13-7-6-10-21-12-13)15-11-18-20(19-15)14-8-4-3-5-9-14/h3-5,8-9,11,13,16-17H,2,6-7,10,12H2,1H3. The van der Waals surface area contributed by atoms with E-state index in [0.717, 1.165) is 37.6 Å². The van der Waals surface area contributed by atoms with Gasteiger partial charge in [-0.15, -0.1) is 0 Å². The zero-order chi connectivity index (χ0) is 14.5. The van der Waals surface area contributed by atoms with Crippen LogP contribution in [0.3, 0.4) is 0 Å². The SMILES string of the molecule is CCNC(c1cnn(-c2ccccc2)n1)C1CCCOC1. The van der Waals surface area contributed by atoms with Crippen molar-refractivity contribution < 1.29 is 4.74 Å². The number of ether oxygens (including phenoxy) is 1. The van der Waals surface area contributed by atoms with Crippen LogP contribution in [0.5, 0.6) is 0 Å². The van der Waals surface area contributed by atoms with E-state index >= 15 is 0 Å². The topological polar surface area (TPSA) is 52.0 Å². The lowest BCUT2D eigenvalue weighted by molar-refractivity contribution is 0.0386. The molecule has 21 heavy (non-hydrogen) atoms. The maximum absolute atomic E-state index is 5.63. The predicted octanol–water partition coefficient (Wildman–Crippen LogP) is 2.34. The number of benzene rings is 1. The fraction of sp³-hybridized carbons (Fsp3) is 0.500. The maximum atomic E-state index is 5.63. The van der Waals surface area contributed by atoms with Gasteiger partial charge < -0.3 is 10.1 Å². The quantitative estimate of drug-likeness (QED) is 0.916. The predicted molar refractivity (Wildman–Crippen MR) is 81.3 cm³/mol. The molecule has 0 radical (unpaired) electrons. The Morgan fingerprint density at radius 1 is 1.38 bits per heavy atom. The van der Waals surface area contributed by atoms with Crippen LogP contribution in [0.4, 0.5) is 0 Å². The van der Waals surface area contributed by atoms with Gasteiger partial charge in [0, 0.05) is 12.5 Å². The largest absolute Gasteiger partial charge is 0.381 e. The summed E-state index contributed by atoms with van der Waals surface area (Å²) in [6.07, 6.45) is 4.17. The van der Waals surface area contributed by atoms with Gasteiger partial charge in [0.25, 0.3) is 0 Å². The lowest BCUT2D eigenvalue weighted by Crippen LogP contribution is -2.33. The lowest BCUT2D eigenvalue weighted by atomic mass is 9.92. The Labute approximate surface area is 125 Å². The van der Waals surface area contributed by atoms with Gasteiger partial charge in [-0.1, -0.05) is 25.1 Å². The third kappa shape index (κ3) is 3.31. The third-order valence-corrected chi connectivity index (χ3v) is 3.91. The molecule has 0 aliphatic carbocycles. The average Bonchev–Trinajstić information content (AvgIpc) is 3.04. The highest BCUT2D eigenvalue weighted by molar-refractivity contribution is 5.28. The monoisotopic (exact) mass is 286 g/mol. The Hall–Kier alpha value is -1.72. The molecular formula is C16H22N4O. The molecule has 1 N–H and O–H groups in total. The highest BCUT2D eigenvalue weighted by Gasteiger charge is 2.27. The Morgan fingerprint density at radius 3 is 2.95 bits per heavy atom. The summed E-state index contributed by atoms with van der Waals surface area (Å²) in [5.41, 5.74) is 1.98. The van der Waals surface area contributed by atoms with Crippen molar-refractivity contribution in [2.45, 2.75) is 25.8 Å². The van der Waals surface area contributed by atoms with E-state index in [1.54, 1.807) is 4.80 Å². The summed E-state index contributed by atoms with van der Waals surface area (Å²) in [4.78, 5) is 1.70.